The third kappa shape index (κ3) is 8.88. The first kappa shape index (κ1) is 43.0. The monoisotopic (exact) mass is 756 g/mol. The van der Waals surface area contributed by atoms with Gasteiger partial charge in [-0.15, -0.1) is 0 Å². The largest absolute Gasteiger partial charge is 0.455 e. The molecule has 1 saturated carbocycles. The van der Waals surface area contributed by atoms with Crippen LogP contribution < -0.4 is 5.32 Å². The second-order valence-electron chi connectivity index (χ2n) is 16.2. The summed E-state index contributed by atoms with van der Waals surface area (Å²) in [7, 11) is 3.69. The molecule has 13 atom stereocenters. The van der Waals surface area contributed by atoms with Crippen molar-refractivity contribution >= 4 is 29.4 Å². The second kappa shape index (κ2) is 17.0. The highest BCUT2D eigenvalue weighted by molar-refractivity contribution is 6.09. The van der Waals surface area contributed by atoms with Crippen molar-refractivity contribution in [2.45, 2.75) is 134 Å². The third-order valence-corrected chi connectivity index (χ3v) is 11.7. The van der Waals surface area contributed by atoms with Gasteiger partial charge < -0.3 is 34.3 Å². The molecule has 0 spiro atoms. The molecule has 3 aliphatic rings. The average Bonchev–Trinajstić information content (AvgIpc) is 3.44. The maximum absolute atomic E-state index is 16.8. The number of carbonyl (C=O) groups is 5. The number of halogens is 1. The Morgan fingerprint density at radius 2 is 1.69 bits per heavy atom. The van der Waals surface area contributed by atoms with E-state index in [9.17, 15) is 29.1 Å². The molecule has 1 aromatic carbocycles. The van der Waals surface area contributed by atoms with E-state index in [1.54, 1.807) is 58.0 Å². The molecule has 0 bridgehead atoms. The molecule has 0 radical (unpaired) electrons. The van der Waals surface area contributed by atoms with E-state index in [1.165, 1.54) is 13.8 Å². The molecule has 2 N–H and O–H groups in total. The maximum atomic E-state index is 16.8. The number of nitrogens with zero attached hydrogens (tertiary/aromatic N) is 1. The van der Waals surface area contributed by atoms with Crippen molar-refractivity contribution in [3.63, 3.8) is 0 Å². The first-order valence-corrected chi connectivity index (χ1v) is 18.9. The van der Waals surface area contributed by atoms with Gasteiger partial charge >= 0.3 is 12.1 Å². The molecule has 2 saturated heterocycles. The number of ketones is 3. The number of cyclic esters (lactones) is 1. The Hall–Kier alpha value is -3.70. The molecule has 1 amide bonds. The van der Waals surface area contributed by atoms with E-state index >= 15 is 4.39 Å². The Balaban J connectivity index is 1.84. The Kier molecular flexibility index (Phi) is 13.5. The summed E-state index contributed by atoms with van der Waals surface area (Å²) in [6.45, 7) is 12.1. The molecular formula is C41H57FN2O10. The molecule has 1 aromatic rings. The number of esters is 1. The minimum atomic E-state index is -3.19. The van der Waals surface area contributed by atoms with E-state index in [0.29, 0.717) is 18.4 Å². The van der Waals surface area contributed by atoms with Crippen LogP contribution in [0.1, 0.15) is 91.4 Å². The normalized spacial score (nSPS) is 39.4. The van der Waals surface area contributed by atoms with E-state index in [4.69, 9.17) is 18.9 Å². The van der Waals surface area contributed by atoms with Crippen LogP contribution in [0.15, 0.2) is 30.3 Å². The number of alkyl carbamates (subject to hydrolysis) is 1. The topological polar surface area (TPSA) is 158 Å². The van der Waals surface area contributed by atoms with Gasteiger partial charge in [0.25, 0.3) is 5.67 Å². The van der Waals surface area contributed by atoms with E-state index in [-0.39, 0.29) is 37.2 Å². The third-order valence-electron chi connectivity index (χ3n) is 11.7. The van der Waals surface area contributed by atoms with Crippen LogP contribution in [0, 0.1) is 35.5 Å². The van der Waals surface area contributed by atoms with Crippen molar-refractivity contribution in [1.82, 2.24) is 10.2 Å². The van der Waals surface area contributed by atoms with Gasteiger partial charge in [0.1, 0.15) is 18.5 Å². The summed E-state index contributed by atoms with van der Waals surface area (Å²) in [5.74, 6) is -1.04. The lowest BCUT2D eigenvalue weighted by Gasteiger charge is -2.47. The van der Waals surface area contributed by atoms with E-state index in [0.717, 1.165) is 6.92 Å². The quantitative estimate of drug-likeness (QED) is 0.133. The van der Waals surface area contributed by atoms with Crippen LogP contribution in [-0.2, 0) is 33.3 Å². The van der Waals surface area contributed by atoms with Crippen molar-refractivity contribution in [2.75, 3.05) is 20.7 Å². The first-order valence-electron chi connectivity index (χ1n) is 18.9. The Morgan fingerprint density at radius 1 is 1.04 bits per heavy atom. The molecule has 2 heterocycles. The van der Waals surface area contributed by atoms with E-state index < -0.39 is 88.7 Å². The lowest BCUT2D eigenvalue weighted by molar-refractivity contribution is -0.211. The Morgan fingerprint density at radius 3 is 2.30 bits per heavy atom. The number of nitrogens with one attached hydrogen (secondary N) is 1. The zero-order valence-electron chi connectivity index (χ0n) is 33.1. The minimum Gasteiger partial charge on any atom is -0.455 e. The van der Waals surface area contributed by atoms with Gasteiger partial charge in [-0.05, 0) is 72.4 Å². The van der Waals surface area contributed by atoms with Gasteiger partial charge in [-0.2, -0.15) is 0 Å². The summed E-state index contributed by atoms with van der Waals surface area (Å²) in [6.07, 6.45) is -4.12. The van der Waals surface area contributed by atoms with Crippen molar-refractivity contribution in [2.24, 2.45) is 23.7 Å². The average molecular weight is 757 g/mol. The summed E-state index contributed by atoms with van der Waals surface area (Å²) in [4.78, 5) is 69.7. The summed E-state index contributed by atoms with van der Waals surface area (Å²) < 4.78 is 41.3. The summed E-state index contributed by atoms with van der Waals surface area (Å²) in [5.41, 5.74) is -5.97. The number of amides is 1. The highest BCUT2D eigenvalue weighted by Crippen LogP contribution is 2.41. The number of ether oxygens (including phenoxy) is 4. The molecule has 1 aliphatic carbocycles. The predicted molar refractivity (Wildman–Crippen MR) is 197 cm³/mol. The highest BCUT2D eigenvalue weighted by Gasteiger charge is 2.59. The first-order chi connectivity index (χ1) is 25.2. The number of alkyl halides is 1. The Labute approximate surface area is 318 Å². The molecule has 3 fully saturated rings. The fourth-order valence-corrected chi connectivity index (χ4v) is 8.58. The summed E-state index contributed by atoms with van der Waals surface area (Å²) in [5, 5.41) is 14.3. The predicted octanol–water partition coefficient (Wildman–Crippen LogP) is 4.49. The summed E-state index contributed by atoms with van der Waals surface area (Å²) >= 11 is 0. The van der Waals surface area contributed by atoms with Crippen molar-refractivity contribution < 1.29 is 52.4 Å². The molecule has 54 heavy (non-hydrogen) atoms. The number of hydrogen-bond acceptors (Lipinski definition) is 11. The highest BCUT2D eigenvalue weighted by atomic mass is 19.1. The SMILES string of the molecule is CC[C@H]1OC(=O)C(C)(F)C(=O)[C@H](C)[C@@H](O[C@@H]2C[C@H](C)C[C@H](N(C)C)[C@H]2O)[C@@](C)(OCC#CC(=O)c2ccccc2)C[C@@H](C)C(=O)[C@H](C)[C@H]2NC(=O)O[C@@]21C. The van der Waals surface area contributed by atoms with Gasteiger partial charge in [-0.3, -0.25) is 14.4 Å². The summed E-state index contributed by atoms with van der Waals surface area (Å²) in [6, 6.07) is 7.19. The smallest absolute Gasteiger partial charge is 0.408 e. The van der Waals surface area contributed by atoms with Crippen molar-refractivity contribution in [1.29, 1.82) is 0 Å². The maximum Gasteiger partial charge on any atom is 0.408 e. The van der Waals surface area contributed by atoms with Gasteiger partial charge in [0, 0.05) is 29.4 Å². The fourth-order valence-electron chi connectivity index (χ4n) is 8.58. The number of hydrogen-bond donors (Lipinski definition) is 2. The number of aliphatic hydroxyl groups is 1. The molecular weight excluding hydrogens is 699 g/mol. The number of fused-ring (bicyclic) bond motifs is 1. The number of aliphatic hydroxyl groups excluding tert-OH is 1. The fraction of sp³-hybridized carbons (Fsp3) is 0.683. The number of rotatable bonds is 7. The minimum absolute atomic E-state index is 0.0782. The van der Waals surface area contributed by atoms with E-state index in [2.05, 4.69) is 17.2 Å². The van der Waals surface area contributed by atoms with Gasteiger partial charge in [0.15, 0.2) is 11.4 Å². The molecule has 12 nitrogen and oxygen atoms in total. The Bertz CT molecular complexity index is 1620. The molecule has 1 unspecified atom stereocenters. The van der Waals surface area contributed by atoms with Gasteiger partial charge in [0.05, 0.1) is 30.0 Å². The molecule has 2 aliphatic heterocycles. The van der Waals surface area contributed by atoms with Crippen LogP contribution in [0.3, 0.4) is 0 Å². The zero-order valence-corrected chi connectivity index (χ0v) is 33.1. The van der Waals surface area contributed by atoms with Crippen LogP contribution in [0.2, 0.25) is 0 Å². The van der Waals surface area contributed by atoms with Crippen LogP contribution in [-0.4, -0.2) is 113 Å². The number of carbonyl (C=O) groups excluding carboxylic acids is 5. The van der Waals surface area contributed by atoms with Crippen molar-refractivity contribution in [3.05, 3.63) is 35.9 Å². The van der Waals surface area contributed by atoms with Gasteiger partial charge in [-0.1, -0.05) is 70.9 Å². The van der Waals surface area contributed by atoms with Gasteiger partial charge in [-0.25, -0.2) is 14.0 Å². The van der Waals surface area contributed by atoms with Crippen LogP contribution in [0.5, 0.6) is 0 Å². The van der Waals surface area contributed by atoms with Crippen molar-refractivity contribution in [3.8, 4) is 11.8 Å². The zero-order chi connectivity index (χ0) is 40.3. The molecule has 4 rings (SSSR count). The van der Waals surface area contributed by atoms with Crippen LogP contribution >= 0.6 is 0 Å². The molecule has 13 heteroatoms. The lowest BCUT2D eigenvalue weighted by Crippen LogP contribution is -2.61. The molecule has 0 aromatic heterocycles. The number of benzene rings is 1. The van der Waals surface area contributed by atoms with Crippen LogP contribution in [0.4, 0.5) is 9.18 Å². The standard InChI is InChI=1S/C41H57FN2O10/c1-11-31-41(8)34(43-38(50)54-41)25(4)32(46)24(3)22-39(6,51-19-15-18-29(45)27-16-13-12-14-17-27)36(26(5)35(48)40(7,42)37(49)53-31)52-30-21-23(2)20-28(33(30)47)44(9)10/h12-14,16-17,23-26,28,30-31,33-34,36,47H,11,19-22H2,1-10H3,(H,43,50)/t23-,24-,25+,26+,28+,30-,31-,33-,34-,36-,39+,40?,41-/m1/s1. The lowest BCUT2D eigenvalue weighted by atomic mass is 9.73. The number of likely N-dealkylation sites (N-methyl/N-ethyl adjacent to an activating group) is 1. The molecule has 298 valence electrons. The second-order valence-corrected chi connectivity index (χ2v) is 16.2. The number of Topliss-reactive ketones (excluding diaryl/α,β-unsaturated/α-hetero) is 3. The van der Waals surface area contributed by atoms with Crippen LogP contribution in [0.25, 0.3) is 0 Å². The van der Waals surface area contributed by atoms with Gasteiger partial charge in [0.2, 0.25) is 5.78 Å². The van der Waals surface area contributed by atoms with E-state index in [1.807, 2.05) is 25.9 Å².